The van der Waals surface area contributed by atoms with Crippen molar-refractivity contribution in [2.24, 2.45) is 0 Å². The van der Waals surface area contributed by atoms with Gasteiger partial charge in [-0.25, -0.2) is 0 Å². The van der Waals surface area contributed by atoms with E-state index in [0.717, 1.165) is 6.42 Å². The van der Waals surface area contributed by atoms with E-state index in [0.29, 0.717) is 13.0 Å². The summed E-state index contributed by atoms with van der Waals surface area (Å²) in [7, 11) is 1.34. The number of nitrogens with one attached hydrogen (secondary N) is 1. The molecule has 0 heterocycles. The van der Waals surface area contributed by atoms with Crippen molar-refractivity contribution in [2.75, 3.05) is 13.7 Å². The van der Waals surface area contributed by atoms with Gasteiger partial charge in [0.25, 0.3) is 0 Å². The number of esters is 1. The Labute approximate surface area is 107 Å². The molecule has 4 heteroatoms. The van der Waals surface area contributed by atoms with E-state index < -0.39 is 0 Å². The maximum atomic E-state index is 11.5. The lowest BCUT2D eigenvalue weighted by atomic mass is 10.0. The Balaban J connectivity index is 2.25. The van der Waals surface area contributed by atoms with Crippen molar-refractivity contribution in [3.63, 3.8) is 0 Å². The van der Waals surface area contributed by atoms with Crippen LogP contribution in [-0.2, 0) is 20.7 Å². The van der Waals surface area contributed by atoms with E-state index in [1.165, 1.54) is 18.2 Å². The Morgan fingerprint density at radius 3 is 2.61 bits per heavy atom. The zero-order chi connectivity index (χ0) is 13.4. The zero-order valence-corrected chi connectivity index (χ0v) is 10.9. The van der Waals surface area contributed by atoms with Crippen LogP contribution in [0, 0.1) is 6.92 Å². The molecular weight excluding hydrogens is 230 g/mol. The van der Waals surface area contributed by atoms with Crippen LogP contribution >= 0.6 is 0 Å². The van der Waals surface area contributed by atoms with Crippen LogP contribution in [0.4, 0.5) is 0 Å². The maximum Gasteiger partial charge on any atom is 0.307 e. The summed E-state index contributed by atoms with van der Waals surface area (Å²) in [5.74, 6) is -0.351. The number of ether oxygens (including phenoxy) is 1. The van der Waals surface area contributed by atoms with Gasteiger partial charge in [-0.3, -0.25) is 9.59 Å². The minimum atomic E-state index is -0.311. The molecule has 98 valence electrons. The van der Waals surface area contributed by atoms with Gasteiger partial charge in [0.1, 0.15) is 0 Å². The van der Waals surface area contributed by atoms with Gasteiger partial charge in [-0.1, -0.05) is 24.3 Å². The fraction of sp³-hybridized carbons (Fsp3) is 0.429. The van der Waals surface area contributed by atoms with E-state index in [1.807, 2.05) is 31.2 Å². The molecule has 0 spiro atoms. The molecule has 0 radical (unpaired) electrons. The molecule has 1 amide bonds. The van der Waals surface area contributed by atoms with Crippen LogP contribution in [0.15, 0.2) is 24.3 Å². The van der Waals surface area contributed by atoms with Crippen LogP contribution in [0.5, 0.6) is 0 Å². The number of amides is 1. The van der Waals surface area contributed by atoms with Crippen LogP contribution in [-0.4, -0.2) is 25.5 Å². The van der Waals surface area contributed by atoms with Gasteiger partial charge in [0.05, 0.1) is 13.5 Å². The van der Waals surface area contributed by atoms with E-state index in [-0.39, 0.29) is 18.3 Å². The van der Waals surface area contributed by atoms with Crippen molar-refractivity contribution >= 4 is 11.9 Å². The molecule has 1 aromatic carbocycles. The summed E-state index contributed by atoms with van der Waals surface area (Å²) in [6.07, 6.45) is 1.37. The molecule has 0 atom stereocenters. The molecule has 0 fully saturated rings. The number of benzene rings is 1. The first-order valence-electron chi connectivity index (χ1n) is 6.01. The number of hydrogen-bond donors (Lipinski definition) is 1. The summed E-state index contributed by atoms with van der Waals surface area (Å²) >= 11 is 0. The van der Waals surface area contributed by atoms with E-state index in [4.69, 9.17) is 0 Å². The molecule has 1 N–H and O–H groups in total. The molecule has 0 aliphatic rings. The molecule has 1 aromatic rings. The first kappa shape index (κ1) is 14.2. The normalized spacial score (nSPS) is 9.89. The average molecular weight is 249 g/mol. The summed E-state index contributed by atoms with van der Waals surface area (Å²) in [5.41, 5.74) is 2.38. The van der Waals surface area contributed by atoms with Crippen LogP contribution in [0.2, 0.25) is 0 Å². The molecule has 0 bridgehead atoms. The van der Waals surface area contributed by atoms with Crippen molar-refractivity contribution < 1.29 is 14.3 Å². The second-order valence-corrected chi connectivity index (χ2v) is 4.10. The minimum Gasteiger partial charge on any atom is -0.469 e. The van der Waals surface area contributed by atoms with E-state index in [2.05, 4.69) is 10.1 Å². The fourth-order valence-corrected chi connectivity index (χ4v) is 1.63. The van der Waals surface area contributed by atoms with Gasteiger partial charge in [0, 0.05) is 13.0 Å². The average Bonchev–Trinajstić information content (AvgIpc) is 2.37. The van der Waals surface area contributed by atoms with Crippen LogP contribution in [0.25, 0.3) is 0 Å². The van der Waals surface area contributed by atoms with Crippen molar-refractivity contribution in [3.8, 4) is 0 Å². The summed E-state index contributed by atoms with van der Waals surface area (Å²) < 4.78 is 4.49. The lowest BCUT2D eigenvalue weighted by Crippen LogP contribution is -2.26. The zero-order valence-electron chi connectivity index (χ0n) is 10.9. The highest BCUT2D eigenvalue weighted by molar-refractivity contribution is 5.77. The van der Waals surface area contributed by atoms with Crippen LogP contribution in [0.3, 0.4) is 0 Å². The number of rotatable bonds is 6. The maximum absolute atomic E-state index is 11.5. The third kappa shape index (κ3) is 4.99. The van der Waals surface area contributed by atoms with Gasteiger partial charge in [-0.15, -0.1) is 0 Å². The lowest BCUT2D eigenvalue weighted by Gasteiger charge is -2.06. The quantitative estimate of drug-likeness (QED) is 0.779. The van der Waals surface area contributed by atoms with E-state index in [1.54, 1.807) is 0 Å². The summed E-state index contributed by atoms with van der Waals surface area (Å²) in [5, 5.41) is 2.70. The van der Waals surface area contributed by atoms with Crippen molar-refractivity contribution in [2.45, 2.75) is 26.2 Å². The number of carbonyl (C=O) groups is 2. The van der Waals surface area contributed by atoms with Crippen molar-refractivity contribution in [1.29, 1.82) is 0 Å². The van der Waals surface area contributed by atoms with Gasteiger partial charge in [-0.2, -0.15) is 0 Å². The number of aryl methyl sites for hydroxylation is 2. The highest BCUT2D eigenvalue weighted by atomic mass is 16.5. The summed E-state index contributed by atoms with van der Waals surface area (Å²) in [4.78, 5) is 22.4. The Hall–Kier alpha value is -1.84. The molecule has 0 unspecified atom stereocenters. The Bertz CT molecular complexity index is 415. The van der Waals surface area contributed by atoms with E-state index in [9.17, 15) is 9.59 Å². The molecule has 0 saturated carbocycles. The Morgan fingerprint density at radius 2 is 1.94 bits per heavy atom. The minimum absolute atomic E-state index is 0.0397. The fourth-order valence-electron chi connectivity index (χ4n) is 1.63. The Kier molecular flexibility index (Phi) is 5.91. The first-order chi connectivity index (χ1) is 8.63. The van der Waals surface area contributed by atoms with Crippen LogP contribution in [0.1, 0.15) is 24.0 Å². The second-order valence-electron chi connectivity index (χ2n) is 4.10. The van der Waals surface area contributed by atoms with Crippen molar-refractivity contribution in [1.82, 2.24) is 5.32 Å². The third-order valence-electron chi connectivity index (χ3n) is 2.76. The SMILES string of the molecule is COC(=O)CCNC(=O)CCc1ccccc1C. The summed E-state index contributed by atoms with van der Waals surface area (Å²) in [6.45, 7) is 2.36. The predicted octanol–water partition coefficient (Wildman–Crippen LogP) is 1.61. The summed E-state index contributed by atoms with van der Waals surface area (Å²) in [6, 6.07) is 8.01. The molecule has 4 nitrogen and oxygen atoms in total. The van der Waals surface area contributed by atoms with Gasteiger partial charge in [0.2, 0.25) is 5.91 Å². The first-order valence-corrected chi connectivity index (χ1v) is 6.01. The smallest absolute Gasteiger partial charge is 0.307 e. The number of carbonyl (C=O) groups excluding carboxylic acids is 2. The van der Waals surface area contributed by atoms with Gasteiger partial charge in [-0.05, 0) is 24.5 Å². The molecule has 1 rings (SSSR count). The van der Waals surface area contributed by atoms with Crippen molar-refractivity contribution in [3.05, 3.63) is 35.4 Å². The molecule has 0 saturated heterocycles. The topological polar surface area (TPSA) is 55.4 Å². The monoisotopic (exact) mass is 249 g/mol. The van der Waals surface area contributed by atoms with Gasteiger partial charge < -0.3 is 10.1 Å². The van der Waals surface area contributed by atoms with Crippen LogP contribution < -0.4 is 5.32 Å². The molecule has 0 aliphatic heterocycles. The Morgan fingerprint density at radius 1 is 1.22 bits per heavy atom. The lowest BCUT2D eigenvalue weighted by molar-refractivity contribution is -0.140. The second kappa shape index (κ2) is 7.48. The molecule has 0 aromatic heterocycles. The molecule has 0 aliphatic carbocycles. The highest BCUT2D eigenvalue weighted by Gasteiger charge is 2.05. The molecular formula is C14H19NO3. The van der Waals surface area contributed by atoms with Gasteiger partial charge >= 0.3 is 5.97 Å². The third-order valence-corrected chi connectivity index (χ3v) is 2.76. The predicted molar refractivity (Wildman–Crippen MR) is 69.1 cm³/mol. The largest absolute Gasteiger partial charge is 0.469 e. The highest BCUT2D eigenvalue weighted by Crippen LogP contribution is 2.09. The number of hydrogen-bond acceptors (Lipinski definition) is 3. The number of methoxy groups -OCH3 is 1. The molecule has 18 heavy (non-hydrogen) atoms. The van der Waals surface area contributed by atoms with Gasteiger partial charge in [0.15, 0.2) is 0 Å². The van der Waals surface area contributed by atoms with E-state index >= 15 is 0 Å². The standard InChI is InChI=1S/C14H19NO3/c1-11-5-3-4-6-12(11)7-8-13(16)15-10-9-14(17)18-2/h3-6H,7-10H2,1-2H3,(H,15,16).